The number of nitrogens with zero attached hydrogens (tertiary/aromatic N) is 4. The van der Waals surface area contributed by atoms with E-state index in [-0.39, 0.29) is 11.8 Å². The maximum atomic E-state index is 12.9. The van der Waals surface area contributed by atoms with E-state index >= 15 is 0 Å². The second-order valence-electron chi connectivity index (χ2n) is 7.61. The summed E-state index contributed by atoms with van der Waals surface area (Å²) in [6.07, 6.45) is 1.08. The van der Waals surface area contributed by atoms with Crippen LogP contribution in [0.1, 0.15) is 41.6 Å². The summed E-state index contributed by atoms with van der Waals surface area (Å²) in [7, 11) is -3.39. The molecule has 9 heteroatoms. The number of hydrogen-bond donors (Lipinski definition) is 1. The second-order valence-corrected chi connectivity index (χ2v) is 9.36. The van der Waals surface area contributed by atoms with Gasteiger partial charge in [-0.25, -0.2) is 18.4 Å². The highest BCUT2D eigenvalue weighted by Gasteiger charge is 2.24. The number of rotatable bonds is 5. The van der Waals surface area contributed by atoms with Gasteiger partial charge in [-0.05, 0) is 25.1 Å². The van der Waals surface area contributed by atoms with Crippen LogP contribution in [-0.4, -0.2) is 61.6 Å². The lowest BCUT2D eigenvalue weighted by molar-refractivity contribution is 0.0746. The molecule has 0 aliphatic carbocycles. The summed E-state index contributed by atoms with van der Waals surface area (Å²) < 4.78 is 25.3. The van der Waals surface area contributed by atoms with Crippen molar-refractivity contribution >= 4 is 27.4 Å². The van der Waals surface area contributed by atoms with E-state index in [1.807, 2.05) is 13.0 Å². The zero-order valence-corrected chi connectivity index (χ0v) is 18.0. The number of piperazine rings is 1. The van der Waals surface area contributed by atoms with Gasteiger partial charge in [-0.2, -0.15) is 0 Å². The van der Waals surface area contributed by atoms with Gasteiger partial charge in [0.15, 0.2) is 0 Å². The molecule has 3 rings (SSSR count). The third-order valence-corrected chi connectivity index (χ3v) is 5.28. The molecule has 0 radical (unpaired) electrons. The van der Waals surface area contributed by atoms with Gasteiger partial charge in [0.05, 0.1) is 6.26 Å². The molecular formula is C20H27N5O3S. The van der Waals surface area contributed by atoms with Crippen LogP contribution in [0.25, 0.3) is 0 Å². The molecule has 1 saturated heterocycles. The van der Waals surface area contributed by atoms with E-state index in [4.69, 9.17) is 0 Å². The zero-order chi connectivity index (χ0) is 21.2. The topological polar surface area (TPSA) is 95.5 Å². The molecule has 0 bridgehead atoms. The summed E-state index contributed by atoms with van der Waals surface area (Å²) >= 11 is 0. The van der Waals surface area contributed by atoms with Crippen molar-refractivity contribution in [1.29, 1.82) is 0 Å². The first-order valence-electron chi connectivity index (χ1n) is 9.60. The lowest BCUT2D eigenvalue weighted by Crippen LogP contribution is -2.49. The summed E-state index contributed by atoms with van der Waals surface area (Å²) in [6.45, 7) is 8.62. The normalized spacial score (nSPS) is 14.9. The van der Waals surface area contributed by atoms with Gasteiger partial charge in [0.2, 0.25) is 10.0 Å². The summed E-state index contributed by atoms with van der Waals surface area (Å²) in [6, 6.07) is 8.54. The van der Waals surface area contributed by atoms with Crippen molar-refractivity contribution in [2.75, 3.05) is 42.1 Å². The molecular weight excluding hydrogens is 390 g/mol. The van der Waals surface area contributed by atoms with E-state index in [1.165, 1.54) is 0 Å². The number of anilines is 2. The fourth-order valence-electron chi connectivity index (χ4n) is 3.25. The van der Waals surface area contributed by atoms with E-state index < -0.39 is 10.0 Å². The van der Waals surface area contributed by atoms with Crippen molar-refractivity contribution in [2.45, 2.75) is 26.7 Å². The summed E-state index contributed by atoms with van der Waals surface area (Å²) in [5.74, 6) is 1.87. The van der Waals surface area contributed by atoms with Crippen LogP contribution in [0.3, 0.4) is 0 Å². The van der Waals surface area contributed by atoms with Crippen LogP contribution in [0, 0.1) is 6.92 Å². The van der Waals surface area contributed by atoms with Gasteiger partial charge >= 0.3 is 0 Å². The van der Waals surface area contributed by atoms with Crippen molar-refractivity contribution < 1.29 is 13.2 Å². The molecule has 29 heavy (non-hydrogen) atoms. The maximum absolute atomic E-state index is 12.9. The van der Waals surface area contributed by atoms with Crippen LogP contribution >= 0.6 is 0 Å². The second kappa shape index (κ2) is 8.36. The van der Waals surface area contributed by atoms with E-state index in [0.29, 0.717) is 37.4 Å². The van der Waals surface area contributed by atoms with Crippen LogP contribution in [0.4, 0.5) is 11.5 Å². The number of sulfonamides is 1. The van der Waals surface area contributed by atoms with Crippen molar-refractivity contribution in [3.05, 3.63) is 47.4 Å². The van der Waals surface area contributed by atoms with Crippen LogP contribution in [-0.2, 0) is 10.0 Å². The Morgan fingerprint density at radius 2 is 1.79 bits per heavy atom. The van der Waals surface area contributed by atoms with Crippen LogP contribution in [0.5, 0.6) is 0 Å². The molecule has 2 heterocycles. The molecule has 1 amide bonds. The zero-order valence-electron chi connectivity index (χ0n) is 17.2. The Morgan fingerprint density at radius 1 is 1.10 bits per heavy atom. The van der Waals surface area contributed by atoms with Gasteiger partial charge in [0, 0.05) is 55.1 Å². The predicted molar refractivity (Wildman–Crippen MR) is 114 cm³/mol. The highest BCUT2D eigenvalue weighted by Crippen LogP contribution is 2.20. The van der Waals surface area contributed by atoms with Gasteiger partial charge in [-0.3, -0.25) is 9.52 Å². The first-order chi connectivity index (χ1) is 13.6. The summed E-state index contributed by atoms with van der Waals surface area (Å²) in [5, 5.41) is 0. The minimum atomic E-state index is -3.39. The number of aryl methyl sites for hydroxylation is 1. The molecule has 156 valence electrons. The van der Waals surface area contributed by atoms with E-state index in [2.05, 4.69) is 33.4 Å². The minimum absolute atomic E-state index is 0.108. The van der Waals surface area contributed by atoms with Gasteiger partial charge in [0.25, 0.3) is 5.91 Å². The Balaban J connectivity index is 1.68. The van der Waals surface area contributed by atoms with Crippen LogP contribution in [0.15, 0.2) is 30.3 Å². The maximum Gasteiger partial charge on any atom is 0.254 e. The number of hydrogen-bond acceptors (Lipinski definition) is 6. The lowest BCUT2D eigenvalue weighted by Gasteiger charge is -2.35. The molecule has 2 aromatic rings. The Bertz CT molecular complexity index is 999. The predicted octanol–water partition coefficient (Wildman–Crippen LogP) is 2.24. The Labute approximate surface area is 172 Å². The first kappa shape index (κ1) is 21.0. The number of amides is 1. The van der Waals surface area contributed by atoms with Crippen molar-refractivity contribution in [1.82, 2.24) is 14.9 Å². The molecule has 0 unspecified atom stereocenters. The molecule has 1 aliphatic heterocycles. The van der Waals surface area contributed by atoms with Crippen molar-refractivity contribution in [3.63, 3.8) is 0 Å². The third kappa shape index (κ3) is 5.44. The molecule has 0 spiro atoms. The SMILES string of the molecule is Cc1cc(N2CCN(C(=O)c3cccc(NS(C)(=O)=O)c3)CC2)nc(C(C)C)n1. The van der Waals surface area contributed by atoms with Crippen LogP contribution < -0.4 is 9.62 Å². The third-order valence-electron chi connectivity index (χ3n) is 4.68. The lowest BCUT2D eigenvalue weighted by atomic mass is 10.1. The number of nitrogens with one attached hydrogen (secondary N) is 1. The highest BCUT2D eigenvalue weighted by atomic mass is 32.2. The number of aromatic nitrogens is 2. The molecule has 0 saturated carbocycles. The van der Waals surface area contributed by atoms with Gasteiger partial charge < -0.3 is 9.80 Å². The van der Waals surface area contributed by atoms with Crippen LogP contribution in [0.2, 0.25) is 0 Å². The standard InChI is InChI=1S/C20H27N5O3S/c1-14(2)19-21-15(3)12-18(22-19)24-8-10-25(11-9-24)20(26)16-6-5-7-17(13-16)23-29(4,27)28/h5-7,12-14,23H,8-11H2,1-4H3. The van der Waals surface area contributed by atoms with Gasteiger partial charge in [-0.15, -0.1) is 0 Å². The molecule has 1 N–H and O–H groups in total. The highest BCUT2D eigenvalue weighted by molar-refractivity contribution is 7.92. The quantitative estimate of drug-likeness (QED) is 0.802. The smallest absolute Gasteiger partial charge is 0.254 e. The first-order valence-corrected chi connectivity index (χ1v) is 11.5. The van der Waals surface area contributed by atoms with Crippen molar-refractivity contribution in [3.8, 4) is 0 Å². The Kier molecular flexibility index (Phi) is 6.07. The minimum Gasteiger partial charge on any atom is -0.353 e. The summed E-state index contributed by atoms with van der Waals surface area (Å²) in [4.78, 5) is 26.0. The fourth-order valence-corrected chi connectivity index (χ4v) is 3.80. The average Bonchev–Trinajstić information content (AvgIpc) is 2.66. The molecule has 1 fully saturated rings. The number of carbonyl (C=O) groups excluding carboxylic acids is 1. The van der Waals surface area contributed by atoms with Gasteiger partial charge in [-0.1, -0.05) is 19.9 Å². The van der Waals surface area contributed by atoms with Gasteiger partial charge in [0.1, 0.15) is 11.6 Å². The largest absolute Gasteiger partial charge is 0.353 e. The van der Waals surface area contributed by atoms with E-state index in [1.54, 1.807) is 29.2 Å². The molecule has 1 aliphatic rings. The Hall–Kier alpha value is -2.68. The number of carbonyl (C=O) groups is 1. The van der Waals surface area contributed by atoms with E-state index in [0.717, 1.165) is 23.6 Å². The van der Waals surface area contributed by atoms with Crippen molar-refractivity contribution in [2.24, 2.45) is 0 Å². The fraction of sp³-hybridized carbons (Fsp3) is 0.450. The number of benzene rings is 1. The molecule has 8 nitrogen and oxygen atoms in total. The molecule has 0 atom stereocenters. The van der Waals surface area contributed by atoms with E-state index in [9.17, 15) is 13.2 Å². The average molecular weight is 418 g/mol. The summed E-state index contributed by atoms with van der Waals surface area (Å²) in [5.41, 5.74) is 1.79. The molecule has 1 aromatic heterocycles. The monoisotopic (exact) mass is 417 g/mol. The molecule has 1 aromatic carbocycles. The Morgan fingerprint density at radius 3 is 2.41 bits per heavy atom.